The molecule has 1 aliphatic rings. The first-order chi connectivity index (χ1) is 18.5. The van der Waals surface area contributed by atoms with E-state index in [0.29, 0.717) is 18.6 Å². The highest BCUT2D eigenvalue weighted by Gasteiger charge is 2.62. The number of imide groups is 1. The third-order valence-corrected chi connectivity index (χ3v) is 6.46. The minimum Gasteiger partial charge on any atom is -0.469 e. The Labute approximate surface area is 229 Å². The van der Waals surface area contributed by atoms with Gasteiger partial charge in [0.05, 0.1) is 13.1 Å². The topological polar surface area (TPSA) is 123 Å². The van der Waals surface area contributed by atoms with E-state index in [1.165, 1.54) is 0 Å². The molecular weight excluding hydrogens is 502 g/mol. The zero-order valence-corrected chi connectivity index (χ0v) is 23.1. The molecule has 1 aliphatic heterocycles. The van der Waals surface area contributed by atoms with Crippen molar-refractivity contribution in [1.82, 2.24) is 15.5 Å². The molecule has 2 N–H and O–H groups in total. The highest BCUT2D eigenvalue weighted by molar-refractivity contribution is 6.03. The molecule has 0 spiro atoms. The molecule has 0 bridgehead atoms. The normalized spacial score (nSPS) is 16.1. The van der Waals surface area contributed by atoms with Gasteiger partial charge in [-0.15, -0.1) is 0 Å². The van der Waals surface area contributed by atoms with Crippen molar-refractivity contribution in [2.75, 3.05) is 6.67 Å². The molecule has 210 valence electrons. The molecule has 39 heavy (non-hydrogen) atoms. The lowest BCUT2D eigenvalue weighted by atomic mass is 9.72. The van der Waals surface area contributed by atoms with E-state index in [0.717, 1.165) is 16.0 Å². The van der Waals surface area contributed by atoms with Gasteiger partial charge < -0.3 is 24.8 Å². The molecule has 1 saturated heterocycles. The third-order valence-electron chi connectivity index (χ3n) is 6.46. The van der Waals surface area contributed by atoms with Crippen LogP contribution in [0.1, 0.15) is 58.6 Å². The van der Waals surface area contributed by atoms with Gasteiger partial charge >= 0.3 is 18.1 Å². The van der Waals surface area contributed by atoms with Gasteiger partial charge in [0.2, 0.25) is 5.91 Å². The number of likely N-dealkylation sites (tertiary alicyclic amines) is 1. The van der Waals surface area contributed by atoms with Crippen LogP contribution in [0, 0.1) is 5.41 Å². The van der Waals surface area contributed by atoms with E-state index >= 15 is 0 Å². The fourth-order valence-corrected chi connectivity index (χ4v) is 4.31. The highest BCUT2D eigenvalue weighted by Crippen LogP contribution is 2.46. The van der Waals surface area contributed by atoms with E-state index < -0.39 is 29.4 Å². The van der Waals surface area contributed by atoms with Gasteiger partial charge in [0.25, 0.3) is 0 Å². The number of carbonyl (C=O) groups is 4. The first kappa shape index (κ1) is 29.5. The van der Waals surface area contributed by atoms with Crippen LogP contribution in [0.25, 0.3) is 0 Å². The molecule has 0 aromatic heterocycles. The van der Waals surface area contributed by atoms with Crippen molar-refractivity contribution in [3.8, 4) is 5.75 Å². The van der Waals surface area contributed by atoms with Crippen molar-refractivity contribution in [2.45, 2.75) is 72.3 Å². The number of rotatable bonds is 10. The fraction of sp³-hybridized carbons (Fsp3) is 0.448. The van der Waals surface area contributed by atoms with E-state index in [4.69, 9.17) is 14.2 Å². The summed E-state index contributed by atoms with van der Waals surface area (Å²) in [6.07, 6.45) is -0.454. The molecule has 0 saturated carbocycles. The number of nitrogens with one attached hydrogen (secondary N) is 2. The van der Waals surface area contributed by atoms with Crippen LogP contribution in [0.15, 0.2) is 54.6 Å². The number of β-lactam (4-membered cyclic amide) rings is 1. The lowest BCUT2D eigenvalue weighted by Gasteiger charge is -2.53. The highest BCUT2D eigenvalue weighted by atomic mass is 16.6. The summed E-state index contributed by atoms with van der Waals surface area (Å²) < 4.78 is 16.6. The number of nitrogens with zero attached hydrogens (tertiary/aromatic N) is 1. The van der Waals surface area contributed by atoms with Crippen LogP contribution in [0.3, 0.4) is 0 Å². The largest absolute Gasteiger partial charge is 0.469 e. The van der Waals surface area contributed by atoms with Crippen LogP contribution in [0.5, 0.6) is 5.75 Å². The van der Waals surface area contributed by atoms with Gasteiger partial charge in [0.1, 0.15) is 23.4 Å². The summed E-state index contributed by atoms with van der Waals surface area (Å²) >= 11 is 0. The minimum atomic E-state index is -0.853. The van der Waals surface area contributed by atoms with Gasteiger partial charge in [0.15, 0.2) is 6.23 Å². The van der Waals surface area contributed by atoms with Crippen molar-refractivity contribution >= 4 is 24.0 Å². The van der Waals surface area contributed by atoms with Gasteiger partial charge in [-0.05, 0) is 56.9 Å². The predicted molar refractivity (Wildman–Crippen MR) is 143 cm³/mol. The molecule has 0 radical (unpaired) electrons. The summed E-state index contributed by atoms with van der Waals surface area (Å²) in [7, 11) is 0. The van der Waals surface area contributed by atoms with Crippen LogP contribution >= 0.6 is 0 Å². The number of ether oxygens (including phenoxy) is 3. The summed E-state index contributed by atoms with van der Waals surface area (Å²) in [6.45, 7) is 9.05. The van der Waals surface area contributed by atoms with Crippen molar-refractivity contribution < 1.29 is 33.4 Å². The summed E-state index contributed by atoms with van der Waals surface area (Å²) in [5.74, 6) is -0.229. The number of hydrogen-bond acceptors (Lipinski definition) is 7. The van der Waals surface area contributed by atoms with Crippen molar-refractivity contribution in [3.63, 3.8) is 0 Å². The molecule has 2 aromatic carbocycles. The van der Waals surface area contributed by atoms with Crippen molar-refractivity contribution in [2.24, 2.45) is 5.41 Å². The second-order valence-corrected chi connectivity index (χ2v) is 10.3. The Bertz CT molecular complexity index is 1160. The Hall–Kier alpha value is -4.08. The second kappa shape index (κ2) is 12.6. The number of hydrogen-bond donors (Lipinski definition) is 2. The second-order valence-electron chi connectivity index (χ2n) is 10.3. The number of alkyl carbamates (subject to hydrolysis) is 1. The molecule has 1 unspecified atom stereocenters. The van der Waals surface area contributed by atoms with Gasteiger partial charge in [0, 0.05) is 0 Å². The standard InChI is InChI=1S/C29H37N3O7/c1-6-29(7-2)24(34)32(26(35)30-19-31-27(36)37-18-21-11-9-8-10-12-21)25(29)38-22-15-13-20(14-16-22)17-23(33)39-28(3,4)5/h8-16,25H,6-7,17-19H2,1-5H3,(H,30,35)(H,31,36). The molecule has 1 heterocycles. The Balaban J connectivity index is 1.57. The molecular formula is C29H37N3O7. The van der Waals surface area contributed by atoms with Crippen LogP contribution in [0.4, 0.5) is 9.59 Å². The molecule has 10 nitrogen and oxygen atoms in total. The lowest BCUT2D eigenvalue weighted by Crippen LogP contribution is -2.73. The number of esters is 1. The summed E-state index contributed by atoms with van der Waals surface area (Å²) in [5.41, 5.74) is 0.159. The molecule has 4 amide bonds. The number of amides is 4. The van der Waals surface area contributed by atoms with Crippen LogP contribution in [0.2, 0.25) is 0 Å². The summed E-state index contributed by atoms with van der Waals surface area (Å²) in [4.78, 5) is 51.0. The van der Waals surface area contributed by atoms with Gasteiger partial charge in [-0.3, -0.25) is 9.59 Å². The van der Waals surface area contributed by atoms with E-state index in [-0.39, 0.29) is 31.6 Å². The van der Waals surface area contributed by atoms with Gasteiger partial charge in [-0.1, -0.05) is 56.3 Å². The smallest absolute Gasteiger partial charge is 0.408 e. The molecule has 1 fully saturated rings. The lowest BCUT2D eigenvalue weighted by molar-refractivity contribution is -0.190. The molecule has 0 aliphatic carbocycles. The zero-order valence-electron chi connectivity index (χ0n) is 23.1. The van der Waals surface area contributed by atoms with E-state index in [1.807, 2.05) is 65.0 Å². The predicted octanol–water partition coefficient (Wildman–Crippen LogP) is 4.52. The van der Waals surface area contributed by atoms with Crippen molar-refractivity contribution in [1.29, 1.82) is 0 Å². The Morgan fingerprint density at radius 3 is 2.15 bits per heavy atom. The van der Waals surface area contributed by atoms with E-state index in [9.17, 15) is 19.2 Å². The fourth-order valence-electron chi connectivity index (χ4n) is 4.31. The molecule has 1 atom stereocenters. The third kappa shape index (κ3) is 7.49. The first-order valence-electron chi connectivity index (χ1n) is 13.0. The summed E-state index contributed by atoms with van der Waals surface area (Å²) in [6, 6.07) is 15.4. The van der Waals surface area contributed by atoms with Gasteiger partial charge in [-0.25, -0.2) is 14.5 Å². The summed E-state index contributed by atoms with van der Waals surface area (Å²) in [5, 5.41) is 4.96. The van der Waals surface area contributed by atoms with E-state index in [2.05, 4.69) is 10.6 Å². The van der Waals surface area contributed by atoms with E-state index in [1.54, 1.807) is 24.3 Å². The molecule has 10 heteroatoms. The van der Waals surface area contributed by atoms with Gasteiger partial charge in [-0.2, -0.15) is 0 Å². The Morgan fingerprint density at radius 1 is 0.923 bits per heavy atom. The minimum absolute atomic E-state index is 0.0905. The number of carbonyl (C=O) groups excluding carboxylic acids is 4. The number of benzene rings is 2. The number of urea groups is 1. The van der Waals surface area contributed by atoms with Crippen LogP contribution < -0.4 is 15.4 Å². The Morgan fingerprint density at radius 2 is 1.56 bits per heavy atom. The Kier molecular flexibility index (Phi) is 9.56. The molecule has 2 aromatic rings. The van der Waals surface area contributed by atoms with Crippen LogP contribution in [-0.2, 0) is 32.1 Å². The maximum Gasteiger partial charge on any atom is 0.408 e. The van der Waals surface area contributed by atoms with Crippen LogP contribution in [-0.4, -0.2) is 47.4 Å². The SMILES string of the molecule is CCC1(CC)C(=O)N(C(=O)NCNC(=O)OCc2ccccc2)C1Oc1ccc(CC(=O)OC(C)(C)C)cc1. The average molecular weight is 540 g/mol. The zero-order chi connectivity index (χ0) is 28.6. The first-order valence-corrected chi connectivity index (χ1v) is 13.0. The quantitative estimate of drug-likeness (QED) is 0.259. The maximum absolute atomic E-state index is 13.1. The van der Waals surface area contributed by atoms with Crippen molar-refractivity contribution in [3.05, 3.63) is 65.7 Å². The maximum atomic E-state index is 13.1. The molecule has 3 rings (SSSR count). The average Bonchev–Trinajstić information content (AvgIpc) is 2.88. The monoisotopic (exact) mass is 539 g/mol.